The fourth-order valence-corrected chi connectivity index (χ4v) is 6.18. The van der Waals surface area contributed by atoms with Crippen LogP contribution >= 0.6 is 27.5 Å². The van der Waals surface area contributed by atoms with Gasteiger partial charge in [0.1, 0.15) is 23.2 Å². The lowest BCUT2D eigenvalue weighted by Gasteiger charge is -2.27. The van der Waals surface area contributed by atoms with E-state index in [1.165, 1.54) is 0 Å². The molecule has 0 amide bonds. The zero-order valence-corrected chi connectivity index (χ0v) is 20.3. The van der Waals surface area contributed by atoms with Crippen molar-refractivity contribution in [3.63, 3.8) is 0 Å². The molecule has 4 aromatic rings. The van der Waals surface area contributed by atoms with E-state index in [2.05, 4.69) is 48.3 Å². The number of hydrogen-bond donors (Lipinski definition) is 3. The van der Waals surface area contributed by atoms with Crippen LogP contribution in [0.1, 0.15) is 36.2 Å². The number of halogens is 2. The highest BCUT2D eigenvalue weighted by molar-refractivity contribution is 9.10. The van der Waals surface area contributed by atoms with Gasteiger partial charge in [0.2, 0.25) is 0 Å². The number of benzene rings is 1. The number of nitrogens with one attached hydrogen (secondary N) is 1. The summed E-state index contributed by atoms with van der Waals surface area (Å²) in [5.41, 5.74) is 3.21. The van der Waals surface area contributed by atoms with E-state index in [-0.39, 0.29) is 12.1 Å². The standard InChI is InChI=1S/C24H23BrClN5O2/c1-12-15-4-5-31(23(15)29-11-28-12)19-9-24(21(33)20(19)32)8-18(27-10-24)14-3-2-13-6-16(25)22(26)30-17(13)7-14/h2-7,11,18-21,27,32-33H,8-10H2,1H3/t18-,19-,20+,21+,24+/m1/s1. The molecule has 1 aliphatic heterocycles. The highest BCUT2D eigenvalue weighted by Gasteiger charge is 2.56. The van der Waals surface area contributed by atoms with Crippen LogP contribution in [0.15, 0.2) is 47.3 Å². The number of aromatic nitrogens is 4. The quantitative estimate of drug-likeness (QED) is 0.339. The Morgan fingerprint density at radius 2 is 2.03 bits per heavy atom. The molecule has 1 saturated carbocycles. The molecule has 0 bridgehead atoms. The first-order chi connectivity index (χ1) is 15.9. The van der Waals surface area contributed by atoms with Crippen LogP contribution in [0, 0.1) is 12.3 Å². The first-order valence-corrected chi connectivity index (χ1v) is 12.2. The lowest BCUT2D eigenvalue weighted by Crippen LogP contribution is -2.38. The molecule has 4 heterocycles. The monoisotopic (exact) mass is 527 g/mol. The zero-order valence-electron chi connectivity index (χ0n) is 17.9. The molecule has 1 aromatic carbocycles. The maximum Gasteiger partial charge on any atom is 0.143 e. The van der Waals surface area contributed by atoms with Crippen LogP contribution in [-0.2, 0) is 0 Å². The molecule has 5 atom stereocenters. The van der Waals surface area contributed by atoms with Crippen molar-refractivity contribution in [2.75, 3.05) is 6.54 Å². The van der Waals surface area contributed by atoms with E-state index in [4.69, 9.17) is 11.6 Å². The third-order valence-electron chi connectivity index (χ3n) is 7.49. The minimum atomic E-state index is -0.870. The van der Waals surface area contributed by atoms with Gasteiger partial charge in [-0.1, -0.05) is 23.7 Å². The highest BCUT2D eigenvalue weighted by Crippen LogP contribution is 2.52. The lowest BCUT2D eigenvalue weighted by molar-refractivity contribution is -0.0218. The Labute approximate surface area is 204 Å². The smallest absolute Gasteiger partial charge is 0.143 e. The molecular formula is C24H23BrClN5O2. The van der Waals surface area contributed by atoms with Crippen LogP contribution in [0.2, 0.25) is 5.15 Å². The summed E-state index contributed by atoms with van der Waals surface area (Å²) in [6.07, 6.45) is 3.19. The minimum Gasteiger partial charge on any atom is -0.390 e. The van der Waals surface area contributed by atoms with Gasteiger partial charge in [-0.25, -0.2) is 15.0 Å². The number of nitrogens with zero attached hydrogens (tertiary/aromatic N) is 4. The molecular weight excluding hydrogens is 506 g/mol. The summed E-state index contributed by atoms with van der Waals surface area (Å²) < 4.78 is 2.77. The Bertz CT molecular complexity index is 1390. The van der Waals surface area contributed by atoms with Crippen LogP contribution in [0.5, 0.6) is 0 Å². The lowest BCUT2D eigenvalue weighted by atomic mass is 9.80. The second-order valence-electron chi connectivity index (χ2n) is 9.34. The molecule has 170 valence electrons. The Balaban J connectivity index is 1.30. The second kappa shape index (κ2) is 7.71. The summed E-state index contributed by atoms with van der Waals surface area (Å²) >= 11 is 9.63. The maximum absolute atomic E-state index is 11.2. The minimum absolute atomic E-state index is 0.0604. The van der Waals surface area contributed by atoms with Gasteiger partial charge in [0.05, 0.1) is 27.8 Å². The molecule has 2 aliphatic rings. The van der Waals surface area contributed by atoms with Gasteiger partial charge < -0.3 is 20.1 Å². The highest BCUT2D eigenvalue weighted by atomic mass is 79.9. The van der Waals surface area contributed by atoms with Crippen LogP contribution in [0.3, 0.4) is 0 Å². The van der Waals surface area contributed by atoms with E-state index >= 15 is 0 Å². The maximum atomic E-state index is 11.2. The number of rotatable bonds is 2. The Morgan fingerprint density at radius 1 is 1.18 bits per heavy atom. The molecule has 1 spiro atoms. The topological polar surface area (TPSA) is 96.1 Å². The number of aliphatic hydroxyl groups excluding tert-OH is 2. The summed E-state index contributed by atoms with van der Waals surface area (Å²) in [6.45, 7) is 2.58. The molecule has 1 saturated heterocycles. The molecule has 3 N–H and O–H groups in total. The number of fused-ring (bicyclic) bond motifs is 2. The van der Waals surface area contributed by atoms with Crippen LogP contribution in [0.4, 0.5) is 0 Å². The summed E-state index contributed by atoms with van der Waals surface area (Å²) in [4.78, 5) is 13.2. The van der Waals surface area contributed by atoms with Crippen molar-refractivity contribution in [1.29, 1.82) is 0 Å². The summed E-state index contributed by atoms with van der Waals surface area (Å²) in [5, 5.41) is 28.2. The van der Waals surface area contributed by atoms with Gasteiger partial charge in [-0.3, -0.25) is 0 Å². The van der Waals surface area contributed by atoms with Gasteiger partial charge in [-0.05, 0) is 59.5 Å². The van der Waals surface area contributed by atoms with Crippen LogP contribution in [-0.4, -0.2) is 48.5 Å². The van der Waals surface area contributed by atoms with E-state index < -0.39 is 17.6 Å². The van der Waals surface area contributed by atoms with Gasteiger partial charge in [0.25, 0.3) is 0 Å². The van der Waals surface area contributed by atoms with Gasteiger partial charge >= 0.3 is 0 Å². The Morgan fingerprint density at radius 3 is 2.88 bits per heavy atom. The van der Waals surface area contributed by atoms with Crippen molar-refractivity contribution in [2.24, 2.45) is 5.41 Å². The van der Waals surface area contributed by atoms with Crippen molar-refractivity contribution < 1.29 is 10.2 Å². The molecule has 3 aromatic heterocycles. The third kappa shape index (κ3) is 3.31. The Hall–Kier alpha value is -2.10. The predicted octanol–water partition coefficient (Wildman–Crippen LogP) is 4.09. The molecule has 33 heavy (non-hydrogen) atoms. The predicted molar refractivity (Wildman–Crippen MR) is 130 cm³/mol. The molecule has 6 rings (SSSR count). The fraction of sp³-hybridized carbons (Fsp3) is 0.375. The first-order valence-electron chi connectivity index (χ1n) is 11.0. The summed E-state index contributed by atoms with van der Waals surface area (Å²) in [6, 6.07) is 9.95. The van der Waals surface area contributed by atoms with Crippen molar-refractivity contribution in [1.82, 2.24) is 24.8 Å². The second-order valence-corrected chi connectivity index (χ2v) is 10.6. The van der Waals surface area contributed by atoms with Crippen LogP contribution in [0.25, 0.3) is 21.9 Å². The molecule has 7 nitrogen and oxygen atoms in total. The van der Waals surface area contributed by atoms with Gasteiger partial charge in [0.15, 0.2) is 0 Å². The zero-order chi connectivity index (χ0) is 22.9. The summed E-state index contributed by atoms with van der Waals surface area (Å²) in [5.74, 6) is 0. The number of aliphatic hydroxyl groups is 2. The number of hydrogen-bond acceptors (Lipinski definition) is 6. The SMILES string of the molecule is Cc1ncnc2c1ccn2[C@@H]1C[C@@]2(CN[C@@H](c3ccc4cc(Br)c(Cl)nc4c3)C2)[C@@H](O)[C@H]1O. The van der Waals surface area contributed by atoms with Crippen LogP contribution < -0.4 is 5.32 Å². The van der Waals surface area contributed by atoms with E-state index in [1.54, 1.807) is 6.33 Å². The largest absolute Gasteiger partial charge is 0.390 e. The normalized spacial score (nSPS) is 29.6. The molecule has 0 unspecified atom stereocenters. The van der Waals surface area contributed by atoms with Crippen molar-refractivity contribution in [2.45, 2.75) is 44.1 Å². The summed E-state index contributed by atoms with van der Waals surface area (Å²) in [7, 11) is 0. The average molecular weight is 529 g/mol. The van der Waals surface area contributed by atoms with Crippen molar-refractivity contribution >= 4 is 49.5 Å². The average Bonchev–Trinajstić information content (AvgIpc) is 3.48. The molecule has 2 fully saturated rings. The van der Waals surface area contributed by atoms with E-state index in [1.807, 2.05) is 35.9 Å². The van der Waals surface area contributed by atoms with Gasteiger partial charge in [0, 0.05) is 35.0 Å². The first kappa shape index (κ1) is 21.4. The van der Waals surface area contributed by atoms with Gasteiger partial charge in [-0.15, -0.1) is 0 Å². The number of aryl methyl sites for hydroxylation is 1. The van der Waals surface area contributed by atoms with Crippen molar-refractivity contribution in [3.8, 4) is 0 Å². The van der Waals surface area contributed by atoms with Crippen molar-refractivity contribution in [3.05, 3.63) is 63.7 Å². The van der Waals surface area contributed by atoms with E-state index in [0.29, 0.717) is 18.1 Å². The molecule has 0 radical (unpaired) electrons. The van der Waals surface area contributed by atoms with Gasteiger partial charge in [-0.2, -0.15) is 0 Å². The van der Waals surface area contributed by atoms with E-state index in [9.17, 15) is 10.2 Å². The Kier molecular flexibility index (Phi) is 5.01. The number of pyridine rings is 1. The third-order valence-corrected chi connectivity index (χ3v) is 8.61. The molecule has 9 heteroatoms. The van der Waals surface area contributed by atoms with E-state index in [0.717, 1.165) is 44.1 Å². The fourth-order valence-electron chi connectivity index (χ4n) is 5.70. The molecule has 1 aliphatic carbocycles.